The number of hydrogen-bond donors (Lipinski definition) is 3. The average Bonchev–Trinajstić information content (AvgIpc) is 2.66. The second-order valence-corrected chi connectivity index (χ2v) is 7.27. The van der Waals surface area contributed by atoms with E-state index >= 15 is 0 Å². The Balaban J connectivity index is 0.00000364. The van der Waals surface area contributed by atoms with Crippen LogP contribution in [0.15, 0.2) is 24.3 Å². The van der Waals surface area contributed by atoms with Gasteiger partial charge >= 0.3 is 6.03 Å². The van der Waals surface area contributed by atoms with Gasteiger partial charge < -0.3 is 21.3 Å². The molecule has 27 heavy (non-hydrogen) atoms. The van der Waals surface area contributed by atoms with E-state index < -0.39 is 0 Å². The number of aryl methyl sites for hydroxylation is 1. The monoisotopic (exact) mass is 396 g/mol. The average molecular weight is 397 g/mol. The van der Waals surface area contributed by atoms with Crippen molar-refractivity contribution in [3.63, 3.8) is 0 Å². The van der Waals surface area contributed by atoms with Gasteiger partial charge in [-0.15, -0.1) is 12.4 Å². The fourth-order valence-corrected chi connectivity index (χ4v) is 3.43. The third kappa shape index (κ3) is 6.11. The van der Waals surface area contributed by atoms with E-state index in [4.69, 9.17) is 5.73 Å². The zero-order chi connectivity index (χ0) is 19.2. The molecular weight excluding hydrogens is 364 g/mol. The number of carbonyl (C=O) groups is 2. The minimum atomic E-state index is -0.344. The van der Waals surface area contributed by atoms with Gasteiger partial charge in [0.25, 0.3) is 0 Å². The lowest BCUT2D eigenvalue weighted by Crippen LogP contribution is -2.56. The highest BCUT2D eigenvalue weighted by molar-refractivity contribution is 5.90. The molecule has 6 nitrogen and oxygen atoms in total. The summed E-state index contributed by atoms with van der Waals surface area (Å²) >= 11 is 0. The largest absolute Gasteiger partial charge is 0.349 e. The number of hydrogen-bond acceptors (Lipinski definition) is 3. The predicted molar refractivity (Wildman–Crippen MR) is 112 cm³/mol. The molecule has 1 aliphatic heterocycles. The van der Waals surface area contributed by atoms with Crippen LogP contribution in [0.3, 0.4) is 0 Å². The van der Waals surface area contributed by atoms with Crippen LogP contribution in [0.4, 0.5) is 10.5 Å². The molecule has 152 valence electrons. The van der Waals surface area contributed by atoms with Crippen LogP contribution in [0.2, 0.25) is 0 Å². The maximum Gasteiger partial charge on any atom is 0.321 e. The molecule has 1 aliphatic rings. The topological polar surface area (TPSA) is 87.5 Å². The molecule has 7 heteroatoms. The van der Waals surface area contributed by atoms with Crippen LogP contribution >= 0.6 is 12.4 Å². The predicted octanol–water partition coefficient (Wildman–Crippen LogP) is 3.29. The second-order valence-electron chi connectivity index (χ2n) is 7.27. The Morgan fingerprint density at radius 1 is 1.30 bits per heavy atom. The first-order chi connectivity index (χ1) is 12.4. The lowest BCUT2D eigenvalue weighted by molar-refractivity contribution is -0.128. The summed E-state index contributed by atoms with van der Waals surface area (Å²) in [5.74, 6) is -0.178. The molecule has 0 aliphatic carbocycles. The first-order valence-electron chi connectivity index (χ1n) is 9.57. The molecule has 1 aromatic carbocycles. The fraction of sp³-hybridized carbons (Fsp3) is 0.600. The molecule has 0 saturated carbocycles. The van der Waals surface area contributed by atoms with Gasteiger partial charge in [0.1, 0.15) is 0 Å². The van der Waals surface area contributed by atoms with E-state index in [9.17, 15) is 9.59 Å². The van der Waals surface area contributed by atoms with Gasteiger partial charge in [-0.2, -0.15) is 0 Å². The van der Waals surface area contributed by atoms with E-state index in [-0.39, 0.29) is 35.8 Å². The van der Waals surface area contributed by atoms with Crippen molar-refractivity contribution < 1.29 is 9.59 Å². The number of piperidine rings is 1. The molecule has 1 fully saturated rings. The normalized spacial score (nSPS) is 17.0. The molecular formula is C20H33ClN4O2. The number of benzene rings is 1. The Labute approximate surface area is 168 Å². The van der Waals surface area contributed by atoms with Gasteiger partial charge in [0.15, 0.2) is 0 Å². The Kier molecular flexibility index (Phi) is 9.06. The number of urea groups is 1. The Hall–Kier alpha value is -1.79. The molecule has 0 spiro atoms. The van der Waals surface area contributed by atoms with Crippen LogP contribution in [0, 0.1) is 12.8 Å². The van der Waals surface area contributed by atoms with Crippen molar-refractivity contribution >= 4 is 30.0 Å². The van der Waals surface area contributed by atoms with Crippen molar-refractivity contribution in [2.45, 2.75) is 52.0 Å². The van der Waals surface area contributed by atoms with Crippen LogP contribution < -0.4 is 16.4 Å². The van der Waals surface area contributed by atoms with Gasteiger partial charge in [-0.25, -0.2) is 4.79 Å². The molecule has 1 aromatic rings. The molecule has 3 amide bonds. The Bertz CT molecular complexity index is 626. The third-order valence-corrected chi connectivity index (χ3v) is 5.48. The fourth-order valence-electron chi connectivity index (χ4n) is 3.43. The third-order valence-electron chi connectivity index (χ3n) is 5.48. The lowest BCUT2D eigenvalue weighted by atomic mass is 9.90. The van der Waals surface area contributed by atoms with E-state index in [0.717, 1.165) is 36.9 Å². The number of nitrogens with one attached hydrogen (secondary N) is 2. The highest BCUT2D eigenvalue weighted by Gasteiger charge is 2.33. The SMILES string of the molecule is CCC(CC)(CN)NC(=O)C1CCCN(C(=O)Nc2cccc(C)c2)C1.Cl. The summed E-state index contributed by atoms with van der Waals surface area (Å²) in [4.78, 5) is 27.0. The highest BCUT2D eigenvalue weighted by Crippen LogP contribution is 2.21. The number of halogens is 1. The van der Waals surface area contributed by atoms with Gasteiger partial charge in [-0.1, -0.05) is 26.0 Å². The van der Waals surface area contributed by atoms with E-state index in [1.807, 2.05) is 45.0 Å². The summed E-state index contributed by atoms with van der Waals surface area (Å²) in [5, 5.41) is 6.07. The molecule has 4 N–H and O–H groups in total. The number of nitrogens with zero attached hydrogens (tertiary/aromatic N) is 1. The highest BCUT2D eigenvalue weighted by atomic mass is 35.5. The maximum atomic E-state index is 12.7. The van der Waals surface area contributed by atoms with Gasteiger partial charge in [0.2, 0.25) is 5.91 Å². The molecule has 1 unspecified atom stereocenters. The first kappa shape index (κ1) is 23.2. The molecule has 0 aromatic heterocycles. The number of nitrogens with two attached hydrogens (primary N) is 1. The smallest absolute Gasteiger partial charge is 0.321 e. The van der Waals surface area contributed by atoms with E-state index in [1.165, 1.54) is 0 Å². The molecule has 1 heterocycles. The summed E-state index contributed by atoms with van der Waals surface area (Å²) in [6.45, 7) is 7.61. The first-order valence-corrected chi connectivity index (χ1v) is 9.57. The maximum absolute atomic E-state index is 12.7. The summed E-state index contributed by atoms with van der Waals surface area (Å²) in [6.07, 6.45) is 3.23. The zero-order valence-corrected chi connectivity index (χ0v) is 17.4. The Morgan fingerprint density at radius 3 is 2.59 bits per heavy atom. The Morgan fingerprint density at radius 2 is 2.00 bits per heavy atom. The van der Waals surface area contributed by atoms with Crippen molar-refractivity contribution in [1.29, 1.82) is 0 Å². The van der Waals surface area contributed by atoms with Crippen LogP contribution in [0.5, 0.6) is 0 Å². The van der Waals surface area contributed by atoms with Crippen LogP contribution in [0.25, 0.3) is 0 Å². The van der Waals surface area contributed by atoms with Crippen molar-refractivity contribution in [3.05, 3.63) is 29.8 Å². The number of rotatable bonds is 6. The van der Waals surface area contributed by atoms with Crippen LogP contribution in [-0.2, 0) is 4.79 Å². The lowest BCUT2D eigenvalue weighted by Gasteiger charge is -2.36. The van der Waals surface area contributed by atoms with Gasteiger partial charge in [0.05, 0.1) is 11.5 Å². The van der Waals surface area contributed by atoms with Gasteiger partial charge in [0, 0.05) is 25.3 Å². The van der Waals surface area contributed by atoms with Crippen molar-refractivity contribution in [2.24, 2.45) is 11.7 Å². The quantitative estimate of drug-likeness (QED) is 0.689. The standard InChI is InChI=1S/C20H32N4O2.ClH/c1-4-20(5-2,14-21)23-18(25)16-9-7-11-24(13-16)19(26)22-17-10-6-8-15(3)12-17;/h6,8,10,12,16H,4-5,7,9,11,13-14,21H2,1-3H3,(H,22,26)(H,23,25);1H. The molecule has 2 rings (SSSR count). The molecule has 1 atom stereocenters. The summed E-state index contributed by atoms with van der Waals surface area (Å²) in [5.41, 5.74) is 7.42. The van der Waals surface area contributed by atoms with Gasteiger partial charge in [-0.3, -0.25) is 4.79 Å². The minimum absolute atomic E-state index is 0. The number of anilines is 1. The summed E-state index contributed by atoms with van der Waals surface area (Å²) < 4.78 is 0. The zero-order valence-electron chi connectivity index (χ0n) is 16.6. The van der Waals surface area contributed by atoms with E-state index in [2.05, 4.69) is 10.6 Å². The summed E-state index contributed by atoms with van der Waals surface area (Å²) in [7, 11) is 0. The minimum Gasteiger partial charge on any atom is -0.349 e. The van der Waals surface area contributed by atoms with Crippen molar-refractivity contribution in [3.8, 4) is 0 Å². The molecule has 0 bridgehead atoms. The van der Waals surface area contributed by atoms with Crippen molar-refractivity contribution in [2.75, 3.05) is 25.0 Å². The van der Waals surface area contributed by atoms with Crippen LogP contribution in [-0.4, -0.2) is 42.0 Å². The van der Waals surface area contributed by atoms with Crippen LogP contribution in [0.1, 0.15) is 45.1 Å². The van der Waals surface area contributed by atoms with E-state index in [0.29, 0.717) is 19.6 Å². The number of carbonyl (C=O) groups excluding carboxylic acids is 2. The summed E-state index contributed by atoms with van der Waals surface area (Å²) in [6, 6.07) is 7.56. The molecule has 1 saturated heterocycles. The van der Waals surface area contributed by atoms with Gasteiger partial charge in [-0.05, 0) is 50.3 Å². The van der Waals surface area contributed by atoms with Crippen molar-refractivity contribution in [1.82, 2.24) is 10.2 Å². The molecule has 0 radical (unpaired) electrons. The number of likely N-dealkylation sites (tertiary alicyclic amines) is 1. The number of amides is 3. The van der Waals surface area contributed by atoms with E-state index in [1.54, 1.807) is 4.90 Å². The second kappa shape index (κ2) is 10.5.